The van der Waals surface area contributed by atoms with Crippen LogP contribution < -0.4 is 10.2 Å². The van der Waals surface area contributed by atoms with Crippen LogP contribution in [0.2, 0.25) is 0 Å². The van der Waals surface area contributed by atoms with Crippen molar-refractivity contribution >= 4 is 11.7 Å². The number of nitrogens with zero attached hydrogens (tertiary/aromatic N) is 3. The lowest BCUT2D eigenvalue weighted by Gasteiger charge is -2.34. The third-order valence-electron chi connectivity index (χ3n) is 4.86. The van der Waals surface area contributed by atoms with Crippen molar-refractivity contribution in [1.29, 1.82) is 0 Å². The first-order valence-electron chi connectivity index (χ1n) is 8.93. The maximum absolute atomic E-state index is 12.3. The van der Waals surface area contributed by atoms with Gasteiger partial charge in [-0.1, -0.05) is 19.1 Å². The number of hydrogen-bond acceptors (Lipinski definition) is 4. The number of hydrogen-bond donors (Lipinski definition) is 1. The van der Waals surface area contributed by atoms with Crippen LogP contribution in [-0.4, -0.2) is 74.9 Å². The Morgan fingerprint density at radius 2 is 1.71 bits per heavy atom. The Bertz CT molecular complexity index is 520. The lowest BCUT2D eigenvalue weighted by Crippen LogP contribution is -2.51. The van der Waals surface area contributed by atoms with Gasteiger partial charge in [0.05, 0.1) is 13.2 Å². The van der Waals surface area contributed by atoms with Crippen LogP contribution in [0.25, 0.3) is 0 Å². The number of morpholine rings is 1. The molecule has 2 heterocycles. The smallest absolute Gasteiger partial charge is 0.317 e. The molecule has 0 aliphatic carbocycles. The predicted octanol–water partition coefficient (Wildman–Crippen LogP) is 1.37. The van der Waals surface area contributed by atoms with Crippen LogP contribution in [0.1, 0.15) is 12.5 Å². The van der Waals surface area contributed by atoms with E-state index in [0.717, 1.165) is 64.6 Å². The maximum atomic E-state index is 12.3. The minimum Gasteiger partial charge on any atom is -0.378 e. The Morgan fingerprint density at radius 3 is 2.33 bits per heavy atom. The van der Waals surface area contributed by atoms with Gasteiger partial charge in [-0.05, 0) is 24.2 Å². The van der Waals surface area contributed by atoms with Crippen molar-refractivity contribution in [3.8, 4) is 0 Å². The van der Waals surface area contributed by atoms with Gasteiger partial charge in [-0.25, -0.2) is 4.79 Å². The van der Waals surface area contributed by atoms with Gasteiger partial charge in [0.25, 0.3) is 0 Å². The van der Waals surface area contributed by atoms with Crippen LogP contribution in [0.5, 0.6) is 0 Å². The number of benzene rings is 1. The molecule has 0 spiro atoms. The van der Waals surface area contributed by atoms with Crippen LogP contribution in [0.15, 0.2) is 24.3 Å². The molecule has 0 saturated carbocycles. The minimum absolute atomic E-state index is 0.0445. The number of nitrogens with one attached hydrogen (secondary N) is 1. The molecule has 2 fully saturated rings. The van der Waals surface area contributed by atoms with Crippen LogP contribution in [-0.2, 0) is 11.3 Å². The van der Waals surface area contributed by atoms with Gasteiger partial charge in [-0.2, -0.15) is 0 Å². The summed E-state index contributed by atoms with van der Waals surface area (Å²) in [4.78, 5) is 18.9. The van der Waals surface area contributed by atoms with E-state index in [1.54, 1.807) is 0 Å². The van der Waals surface area contributed by atoms with Crippen molar-refractivity contribution < 1.29 is 9.53 Å². The van der Waals surface area contributed by atoms with Crippen LogP contribution >= 0.6 is 0 Å². The Labute approximate surface area is 144 Å². The number of likely N-dealkylation sites (N-methyl/N-ethyl adjacent to an activating group) is 1. The average Bonchev–Trinajstić information content (AvgIpc) is 2.67. The number of piperazine rings is 1. The van der Waals surface area contributed by atoms with Crippen LogP contribution in [0.3, 0.4) is 0 Å². The molecule has 1 aromatic rings. The third-order valence-corrected chi connectivity index (χ3v) is 4.86. The Morgan fingerprint density at radius 1 is 1.04 bits per heavy atom. The topological polar surface area (TPSA) is 48.0 Å². The molecule has 1 aromatic carbocycles. The molecule has 0 radical (unpaired) electrons. The first kappa shape index (κ1) is 17.0. The second-order valence-electron chi connectivity index (χ2n) is 6.35. The van der Waals surface area contributed by atoms with Gasteiger partial charge in [0.1, 0.15) is 0 Å². The van der Waals surface area contributed by atoms with E-state index in [9.17, 15) is 4.79 Å². The molecule has 0 atom stereocenters. The number of amides is 2. The van der Waals surface area contributed by atoms with Crippen LogP contribution in [0, 0.1) is 0 Å². The molecular formula is C18H28N4O2. The molecule has 3 rings (SSSR count). The summed E-state index contributed by atoms with van der Waals surface area (Å²) in [7, 11) is 0. The highest BCUT2D eigenvalue weighted by atomic mass is 16.5. The molecule has 2 aliphatic rings. The summed E-state index contributed by atoms with van der Waals surface area (Å²) in [5, 5.41) is 3.04. The fraction of sp³-hybridized carbons (Fsp3) is 0.611. The molecule has 0 aromatic heterocycles. The third kappa shape index (κ3) is 4.39. The van der Waals surface area contributed by atoms with E-state index in [4.69, 9.17) is 4.74 Å². The molecule has 1 N–H and O–H groups in total. The summed E-state index contributed by atoms with van der Waals surface area (Å²) in [5.74, 6) is 0. The Kier molecular flexibility index (Phi) is 5.93. The number of carbonyl (C=O) groups is 1. The zero-order chi connectivity index (χ0) is 16.8. The number of urea groups is 1. The SMILES string of the molecule is CCN1CCN(C(=O)NCc2ccc(N3CCOCC3)cc2)CC1. The predicted molar refractivity (Wildman–Crippen MR) is 95.4 cm³/mol. The van der Waals surface area contributed by atoms with E-state index in [1.807, 2.05) is 4.90 Å². The normalized spacial score (nSPS) is 19.4. The van der Waals surface area contributed by atoms with Gasteiger partial charge in [-0.3, -0.25) is 0 Å². The quantitative estimate of drug-likeness (QED) is 0.905. The standard InChI is InChI=1S/C18H28N4O2/c1-2-20-7-9-22(10-8-20)18(23)19-15-16-3-5-17(6-4-16)21-11-13-24-14-12-21/h3-6H,2,7-15H2,1H3,(H,19,23). The number of rotatable bonds is 4. The van der Waals surface area contributed by atoms with E-state index in [0.29, 0.717) is 6.54 Å². The molecule has 132 valence electrons. The summed E-state index contributed by atoms with van der Waals surface area (Å²) in [6, 6.07) is 8.50. The molecule has 6 heteroatoms. The number of anilines is 1. The summed E-state index contributed by atoms with van der Waals surface area (Å²) in [6.07, 6.45) is 0. The fourth-order valence-corrected chi connectivity index (χ4v) is 3.20. The van der Waals surface area contributed by atoms with Crippen molar-refractivity contribution in [2.75, 3.05) is 63.9 Å². The van der Waals surface area contributed by atoms with E-state index in [-0.39, 0.29) is 6.03 Å². The second kappa shape index (κ2) is 8.35. The summed E-state index contributed by atoms with van der Waals surface area (Å²) in [5.41, 5.74) is 2.36. The lowest BCUT2D eigenvalue weighted by atomic mass is 10.2. The first-order valence-corrected chi connectivity index (χ1v) is 8.93. The van der Waals surface area contributed by atoms with Crippen LogP contribution in [0.4, 0.5) is 10.5 Å². The molecule has 2 saturated heterocycles. The zero-order valence-electron chi connectivity index (χ0n) is 14.5. The largest absolute Gasteiger partial charge is 0.378 e. The van der Waals surface area contributed by atoms with Gasteiger partial charge in [0, 0.05) is 51.5 Å². The summed E-state index contributed by atoms with van der Waals surface area (Å²) in [6.45, 7) is 10.9. The van der Waals surface area contributed by atoms with Crippen molar-refractivity contribution in [1.82, 2.24) is 15.1 Å². The van der Waals surface area contributed by atoms with Crippen molar-refractivity contribution in [3.63, 3.8) is 0 Å². The van der Waals surface area contributed by atoms with Gasteiger partial charge in [-0.15, -0.1) is 0 Å². The van der Waals surface area contributed by atoms with Crippen molar-refractivity contribution in [2.45, 2.75) is 13.5 Å². The fourth-order valence-electron chi connectivity index (χ4n) is 3.20. The van der Waals surface area contributed by atoms with E-state index in [1.165, 1.54) is 5.69 Å². The zero-order valence-corrected chi connectivity index (χ0v) is 14.5. The molecular weight excluding hydrogens is 304 g/mol. The highest BCUT2D eigenvalue weighted by Gasteiger charge is 2.19. The maximum Gasteiger partial charge on any atom is 0.317 e. The average molecular weight is 332 g/mol. The lowest BCUT2D eigenvalue weighted by molar-refractivity contribution is 0.122. The molecule has 24 heavy (non-hydrogen) atoms. The van der Waals surface area contributed by atoms with Crippen molar-refractivity contribution in [3.05, 3.63) is 29.8 Å². The van der Waals surface area contributed by atoms with Gasteiger partial charge >= 0.3 is 6.03 Å². The monoisotopic (exact) mass is 332 g/mol. The molecule has 2 amide bonds. The Balaban J connectivity index is 1.45. The van der Waals surface area contributed by atoms with Crippen molar-refractivity contribution in [2.24, 2.45) is 0 Å². The minimum atomic E-state index is 0.0445. The molecule has 0 bridgehead atoms. The summed E-state index contributed by atoms with van der Waals surface area (Å²) < 4.78 is 5.38. The number of ether oxygens (including phenoxy) is 1. The number of carbonyl (C=O) groups excluding carboxylic acids is 1. The molecule has 2 aliphatic heterocycles. The second-order valence-corrected chi connectivity index (χ2v) is 6.35. The van der Waals surface area contributed by atoms with E-state index >= 15 is 0 Å². The highest BCUT2D eigenvalue weighted by molar-refractivity contribution is 5.74. The first-order chi connectivity index (χ1) is 11.8. The van der Waals surface area contributed by atoms with Gasteiger partial charge in [0.15, 0.2) is 0 Å². The molecule has 6 nitrogen and oxygen atoms in total. The summed E-state index contributed by atoms with van der Waals surface area (Å²) >= 11 is 0. The van der Waals surface area contributed by atoms with E-state index in [2.05, 4.69) is 46.3 Å². The Hall–Kier alpha value is -1.79. The van der Waals surface area contributed by atoms with Gasteiger partial charge < -0.3 is 24.8 Å². The van der Waals surface area contributed by atoms with E-state index < -0.39 is 0 Å². The highest BCUT2D eigenvalue weighted by Crippen LogP contribution is 2.16. The molecule has 0 unspecified atom stereocenters. The van der Waals surface area contributed by atoms with Gasteiger partial charge in [0.2, 0.25) is 0 Å².